The molecule has 0 aliphatic carbocycles. The number of nitrogens with one attached hydrogen (secondary N) is 1. The number of carbonyl (C=O) groups is 1. The minimum atomic E-state index is 0.637. The number of imidazole rings is 1. The zero-order valence-corrected chi connectivity index (χ0v) is 9.26. The van der Waals surface area contributed by atoms with Crippen LogP contribution in [0, 0.1) is 0 Å². The van der Waals surface area contributed by atoms with Crippen molar-refractivity contribution in [2.75, 3.05) is 11.9 Å². The number of rotatable bonds is 2. The van der Waals surface area contributed by atoms with Crippen LogP contribution in [-0.4, -0.2) is 27.4 Å². The standard InChI is InChI=1S/C12H12N4O/c17-8-10-11(9-2-5-13-6-3-9)15-12-14-4-1-7-16(10)12/h2-3,5-6,8H,1,4,7H2,(H,14,15). The first-order valence-electron chi connectivity index (χ1n) is 5.60. The quantitative estimate of drug-likeness (QED) is 0.793. The summed E-state index contributed by atoms with van der Waals surface area (Å²) in [4.78, 5) is 19.7. The van der Waals surface area contributed by atoms with E-state index in [9.17, 15) is 4.79 Å². The molecule has 0 saturated carbocycles. The fourth-order valence-electron chi connectivity index (χ4n) is 2.11. The Morgan fingerprint density at radius 1 is 1.35 bits per heavy atom. The third kappa shape index (κ3) is 1.60. The summed E-state index contributed by atoms with van der Waals surface area (Å²) >= 11 is 0. The van der Waals surface area contributed by atoms with Gasteiger partial charge in [-0.15, -0.1) is 0 Å². The molecule has 0 bridgehead atoms. The molecule has 0 unspecified atom stereocenters. The summed E-state index contributed by atoms with van der Waals surface area (Å²) in [6.45, 7) is 1.75. The van der Waals surface area contributed by atoms with E-state index in [1.807, 2.05) is 16.7 Å². The summed E-state index contributed by atoms with van der Waals surface area (Å²) in [6.07, 6.45) is 5.30. The van der Waals surface area contributed by atoms with Crippen molar-refractivity contribution in [1.29, 1.82) is 0 Å². The summed E-state index contributed by atoms with van der Waals surface area (Å²) in [5.41, 5.74) is 2.29. The van der Waals surface area contributed by atoms with Crippen LogP contribution >= 0.6 is 0 Å². The second kappa shape index (κ2) is 4.01. The predicted octanol–water partition coefficient (Wildman–Crippen LogP) is 1.57. The van der Waals surface area contributed by atoms with Gasteiger partial charge in [-0.1, -0.05) is 0 Å². The highest BCUT2D eigenvalue weighted by Crippen LogP contribution is 2.26. The molecule has 17 heavy (non-hydrogen) atoms. The molecule has 0 saturated heterocycles. The largest absolute Gasteiger partial charge is 0.356 e. The zero-order valence-electron chi connectivity index (χ0n) is 9.26. The molecule has 0 spiro atoms. The van der Waals surface area contributed by atoms with E-state index in [4.69, 9.17) is 0 Å². The molecule has 0 amide bonds. The molecule has 3 rings (SSSR count). The Kier molecular flexibility index (Phi) is 2.36. The highest BCUT2D eigenvalue weighted by atomic mass is 16.1. The van der Waals surface area contributed by atoms with Gasteiger partial charge in [0.2, 0.25) is 5.95 Å². The van der Waals surface area contributed by atoms with Gasteiger partial charge in [-0.3, -0.25) is 9.78 Å². The third-order valence-electron chi connectivity index (χ3n) is 2.91. The Balaban J connectivity index is 2.17. The predicted molar refractivity (Wildman–Crippen MR) is 64.0 cm³/mol. The summed E-state index contributed by atoms with van der Waals surface area (Å²) in [5.74, 6) is 0.783. The number of nitrogens with zero attached hydrogens (tertiary/aromatic N) is 3. The molecule has 0 fully saturated rings. The van der Waals surface area contributed by atoms with Crippen molar-refractivity contribution >= 4 is 12.2 Å². The molecule has 0 radical (unpaired) electrons. The number of anilines is 1. The number of aldehydes is 1. The smallest absolute Gasteiger partial charge is 0.203 e. The highest BCUT2D eigenvalue weighted by Gasteiger charge is 2.19. The zero-order chi connectivity index (χ0) is 11.7. The number of pyridine rings is 1. The lowest BCUT2D eigenvalue weighted by Crippen LogP contribution is -2.18. The Hall–Kier alpha value is -2.17. The molecule has 5 nitrogen and oxygen atoms in total. The molecular formula is C12H12N4O. The number of fused-ring (bicyclic) bond motifs is 1. The van der Waals surface area contributed by atoms with Crippen molar-refractivity contribution in [3.8, 4) is 11.3 Å². The Labute approximate surface area is 98.5 Å². The first-order chi connectivity index (χ1) is 8.40. The molecular weight excluding hydrogens is 216 g/mol. The van der Waals surface area contributed by atoms with Gasteiger partial charge in [0, 0.05) is 31.0 Å². The first-order valence-corrected chi connectivity index (χ1v) is 5.60. The molecule has 0 aromatic carbocycles. The number of aromatic nitrogens is 3. The van der Waals surface area contributed by atoms with Crippen molar-refractivity contribution in [2.45, 2.75) is 13.0 Å². The second-order valence-electron chi connectivity index (χ2n) is 3.95. The van der Waals surface area contributed by atoms with Crippen molar-refractivity contribution in [3.63, 3.8) is 0 Å². The average Bonchev–Trinajstić information content (AvgIpc) is 2.78. The van der Waals surface area contributed by atoms with Gasteiger partial charge in [0.1, 0.15) is 11.4 Å². The van der Waals surface area contributed by atoms with Gasteiger partial charge in [-0.25, -0.2) is 4.98 Å². The highest BCUT2D eigenvalue weighted by molar-refractivity contribution is 5.85. The number of carbonyl (C=O) groups excluding carboxylic acids is 1. The molecule has 2 aromatic heterocycles. The van der Waals surface area contributed by atoms with Gasteiger partial charge < -0.3 is 9.88 Å². The van der Waals surface area contributed by atoms with Crippen molar-refractivity contribution in [1.82, 2.24) is 14.5 Å². The van der Waals surface area contributed by atoms with Gasteiger partial charge in [0.05, 0.1) is 0 Å². The van der Waals surface area contributed by atoms with Crippen LogP contribution in [-0.2, 0) is 6.54 Å². The van der Waals surface area contributed by atoms with Gasteiger partial charge in [0.15, 0.2) is 6.29 Å². The summed E-state index contributed by atoms with van der Waals surface area (Å²) in [6, 6.07) is 3.72. The van der Waals surface area contributed by atoms with Crippen LogP contribution in [0.3, 0.4) is 0 Å². The van der Waals surface area contributed by atoms with E-state index in [1.54, 1.807) is 12.4 Å². The molecule has 1 aliphatic rings. The maximum Gasteiger partial charge on any atom is 0.203 e. The van der Waals surface area contributed by atoms with Crippen molar-refractivity contribution < 1.29 is 4.79 Å². The van der Waals surface area contributed by atoms with E-state index in [0.29, 0.717) is 5.69 Å². The molecule has 1 N–H and O–H groups in total. The van der Waals surface area contributed by atoms with Gasteiger partial charge in [0.25, 0.3) is 0 Å². The maximum atomic E-state index is 11.2. The van der Waals surface area contributed by atoms with Crippen LogP contribution in [0.1, 0.15) is 16.9 Å². The summed E-state index contributed by atoms with van der Waals surface area (Å²) < 4.78 is 1.94. The summed E-state index contributed by atoms with van der Waals surface area (Å²) in [5, 5.41) is 3.20. The lowest BCUT2D eigenvalue weighted by molar-refractivity contribution is 0.111. The minimum absolute atomic E-state index is 0.637. The maximum absolute atomic E-state index is 11.2. The lowest BCUT2D eigenvalue weighted by atomic mass is 10.1. The minimum Gasteiger partial charge on any atom is -0.356 e. The van der Waals surface area contributed by atoms with Gasteiger partial charge in [-0.2, -0.15) is 0 Å². The number of hydrogen-bond acceptors (Lipinski definition) is 4. The monoisotopic (exact) mass is 228 g/mol. The van der Waals surface area contributed by atoms with E-state index >= 15 is 0 Å². The van der Waals surface area contributed by atoms with E-state index in [-0.39, 0.29) is 0 Å². The fourth-order valence-corrected chi connectivity index (χ4v) is 2.11. The van der Waals surface area contributed by atoms with Crippen LogP contribution in [0.15, 0.2) is 24.5 Å². The first kappa shape index (κ1) is 10.0. The molecule has 1 aliphatic heterocycles. The van der Waals surface area contributed by atoms with Crippen LogP contribution < -0.4 is 5.32 Å². The average molecular weight is 228 g/mol. The normalized spacial score (nSPS) is 13.9. The van der Waals surface area contributed by atoms with Crippen LogP contribution in [0.4, 0.5) is 5.95 Å². The van der Waals surface area contributed by atoms with Crippen molar-refractivity contribution in [3.05, 3.63) is 30.2 Å². The SMILES string of the molecule is O=Cc1c(-c2ccncc2)nc2n1CCCN2. The van der Waals surface area contributed by atoms with Crippen LogP contribution in [0.5, 0.6) is 0 Å². The fraction of sp³-hybridized carbons (Fsp3) is 0.250. The second-order valence-corrected chi connectivity index (χ2v) is 3.95. The Morgan fingerprint density at radius 2 is 2.18 bits per heavy atom. The topological polar surface area (TPSA) is 59.8 Å². The molecule has 2 aromatic rings. The molecule has 3 heterocycles. The van der Waals surface area contributed by atoms with Crippen molar-refractivity contribution in [2.24, 2.45) is 0 Å². The van der Waals surface area contributed by atoms with E-state index in [2.05, 4.69) is 15.3 Å². The Morgan fingerprint density at radius 3 is 2.94 bits per heavy atom. The van der Waals surface area contributed by atoms with Crippen LogP contribution in [0.2, 0.25) is 0 Å². The molecule has 5 heteroatoms. The van der Waals surface area contributed by atoms with Gasteiger partial charge in [-0.05, 0) is 18.6 Å². The lowest BCUT2D eigenvalue weighted by Gasteiger charge is -2.15. The molecule has 0 atom stereocenters. The van der Waals surface area contributed by atoms with E-state index in [0.717, 1.165) is 43.0 Å². The van der Waals surface area contributed by atoms with E-state index < -0.39 is 0 Å². The van der Waals surface area contributed by atoms with E-state index in [1.165, 1.54) is 0 Å². The van der Waals surface area contributed by atoms with Gasteiger partial charge >= 0.3 is 0 Å². The third-order valence-corrected chi connectivity index (χ3v) is 2.91. The molecule has 86 valence electrons. The van der Waals surface area contributed by atoms with Crippen LogP contribution in [0.25, 0.3) is 11.3 Å². The summed E-state index contributed by atoms with van der Waals surface area (Å²) in [7, 11) is 0. The Bertz CT molecular complexity index is 547. The number of hydrogen-bond donors (Lipinski definition) is 1.